The summed E-state index contributed by atoms with van der Waals surface area (Å²) in [7, 11) is 0. The average molecular weight is 555 g/mol. The number of thiophene rings is 1. The third kappa shape index (κ3) is 5.14. The number of hydrogen-bond acceptors (Lipinski definition) is 7. The minimum atomic E-state index is -0.604. The summed E-state index contributed by atoms with van der Waals surface area (Å²) in [6.07, 6.45) is 3.56. The number of nitrogens with one attached hydrogen (secondary N) is 2. The van der Waals surface area contributed by atoms with Gasteiger partial charge in [-0.05, 0) is 72.1 Å². The van der Waals surface area contributed by atoms with Crippen LogP contribution in [-0.2, 0) is 9.59 Å². The first-order chi connectivity index (χ1) is 18.6. The largest absolute Gasteiger partial charge is 0.338 e. The van der Waals surface area contributed by atoms with Crippen LogP contribution >= 0.6 is 11.3 Å². The number of hydrogen-bond donors (Lipinski definition) is 2. The molecule has 0 radical (unpaired) electrons. The molecule has 2 aromatic heterocycles. The van der Waals surface area contributed by atoms with Gasteiger partial charge in [-0.1, -0.05) is 11.3 Å². The first-order valence-corrected chi connectivity index (χ1v) is 14.8. The SMILES string of the molecule is CCNC(=O)Nc1sc2nc(C)ccc2c1C(=O)N1CCC(N2CCCC3(CC(=O)N(C(C)C)C3=O)C2)CC1. The molecule has 5 amide bonds. The number of imide groups is 1. The molecule has 1 spiro atoms. The van der Waals surface area contributed by atoms with Gasteiger partial charge in [-0.2, -0.15) is 0 Å². The van der Waals surface area contributed by atoms with E-state index in [1.807, 2.05) is 44.7 Å². The molecule has 210 valence electrons. The highest BCUT2D eigenvalue weighted by Crippen LogP contribution is 2.43. The lowest BCUT2D eigenvalue weighted by atomic mass is 9.77. The first-order valence-electron chi connectivity index (χ1n) is 14.0. The van der Waals surface area contributed by atoms with Gasteiger partial charge in [-0.15, -0.1) is 0 Å². The normalized spacial score (nSPS) is 22.9. The van der Waals surface area contributed by atoms with Gasteiger partial charge >= 0.3 is 6.03 Å². The quantitative estimate of drug-likeness (QED) is 0.546. The Bertz CT molecular complexity index is 1300. The number of anilines is 1. The zero-order valence-corrected chi connectivity index (χ0v) is 24.0. The van der Waals surface area contributed by atoms with Crippen LogP contribution in [0, 0.1) is 12.3 Å². The van der Waals surface area contributed by atoms with Gasteiger partial charge < -0.3 is 10.2 Å². The minimum Gasteiger partial charge on any atom is -0.338 e. The van der Waals surface area contributed by atoms with E-state index < -0.39 is 5.41 Å². The molecule has 11 heteroatoms. The predicted octanol–water partition coefficient (Wildman–Crippen LogP) is 3.60. The fourth-order valence-electron chi connectivity index (χ4n) is 6.41. The molecule has 1 unspecified atom stereocenters. The van der Waals surface area contributed by atoms with Crippen LogP contribution in [0.15, 0.2) is 12.1 Å². The van der Waals surface area contributed by atoms with E-state index in [0.29, 0.717) is 43.2 Å². The van der Waals surface area contributed by atoms with Crippen LogP contribution in [0.1, 0.15) is 68.9 Å². The predicted molar refractivity (Wildman–Crippen MR) is 151 cm³/mol. The fourth-order valence-corrected chi connectivity index (χ4v) is 7.52. The van der Waals surface area contributed by atoms with Crippen LogP contribution in [-0.4, -0.2) is 88.2 Å². The summed E-state index contributed by atoms with van der Waals surface area (Å²) in [5, 5.41) is 6.85. The van der Waals surface area contributed by atoms with Gasteiger partial charge in [0.05, 0.1) is 11.0 Å². The van der Waals surface area contributed by atoms with Crippen molar-refractivity contribution in [3.8, 4) is 0 Å². The van der Waals surface area contributed by atoms with Crippen molar-refractivity contribution in [2.75, 3.05) is 38.0 Å². The van der Waals surface area contributed by atoms with Crippen molar-refractivity contribution in [3.63, 3.8) is 0 Å². The second-order valence-electron chi connectivity index (χ2n) is 11.3. The van der Waals surface area contributed by atoms with Crippen LogP contribution in [0.25, 0.3) is 10.2 Å². The van der Waals surface area contributed by atoms with E-state index in [1.165, 1.54) is 16.2 Å². The Morgan fingerprint density at radius 1 is 1.18 bits per heavy atom. The Morgan fingerprint density at radius 2 is 1.92 bits per heavy atom. The number of likely N-dealkylation sites (tertiary alicyclic amines) is 3. The summed E-state index contributed by atoms with van der Waals surface area (Å²) in [6.45, 7) is 10.7. The molecule has 3 saturated heterocycles. The van der Waals surface area contributed by atoms with Gasteiger partial charge in [0.15, 0.2) is 0 Å². The summed E-state index contributed by atoms with van der Waals surface area (Å²) in [4.78, 5) is 63.1. The number of carbonyl (C=O) groups is 4. The summed E-state index contributed by atoms with van der Waals surface area (Å²) in [5.41, 5.74) is 0.742. The van der Waals surface area contributed by atoms with Crippen molar-refractivity contribution >= 4 is 50.3 Å². The number of urea groups is 1. The molecular formula is C28H38N6O4S. The molecule has 5 rings (SSSR count). The maximum Gasteiger partial charge on any atom is 0.319 e. The lowest BCUT2D eigenvalue weighted by Gasteiger charge is -2.45. The number of piperidine rings is 2. The maximum atomic E-state index is 13.8. The zero-order chi connectivity index (χ0) is 27.9. The van der Waals surface area contributed by atoms with E-state index in [1.54, 1.807) is 0 Å². The molecule has 3 aliphatic rings. The number of aromatic nitrogens is 1. The third-order valence-corrected chi connectivity index (χ3v) is 9.31. The number of rotatable bonds is 5. The number of fused-ring (bicyclic) bond motifs is 1. The summed E-state index contributed by atoms with van der Waals surface area (Å²) in [6, 6.07) is 3.59. The highest BCUT2D eigenvalue weighted by Gasteiger charge is 2.54. The maximum absolute atomic E-state index is 13.8. The van der Waals surface area contributed by atoms with Gasteiger partial charge in [0.2, 0.25) is 11.8 Å². The molecule has 0 aromatic carbocycles. The number of nitrogens with zero attached hydrogens (tertiary/aromatic N) is 4. The molecule has 10 nitrogen and oxygen atoms in total. The van der Waals surface area contributed by atoms with Gasteiger partial charge in [-0.3, -0.25) is 29.5 Å². The van der Waals surface area contributed by atoms with Crippen LogP contribution in [0.5, 0.6) is 0 Å². The van der Waals surface area contributed by atoms with Crippen molar-refractivity contribution in [2.45, 2.75) is 71.9 Å². The van der Waals surface area contributed by atoms with Crippen LogP contribution in [0.4, 0.5) is 9.80 Å². The Balaban J connectivity index is 1.29. The van der Waals surface area contributed by atoms with Crippen molar-refractivity contribution in [3.05, 3.63) is 23.4 Å². The van der Waals surface area contributed by atoms with Gasteiger partial charge in [-0.25, -0.2) is 9.78 Å². The van der Waals surface area contributed by atoms with Crippen molar-refractivity contribution < 1.29 is 19.2 Å². The molecule has 39 heavy (non-hydrogen) atoms. The van der Waals surface area contributed by atoms with E-state index in [9.17, 15) is 19.2 Å². The zero-order valence-electron chi connectivity index (χ0n) is 23.2. The minimum absolute atomic E-state index is 0.0138. The van der Waals surface area contributed by atoms with E-state index in [2.05, 4.69) is 20.5 Å². The van der Waals surface area contributed by atoms with E-state index in [-0.39, 0.29) is 35.8 Å². The van der Waals surface area contributed by atoms with Crippen molar-refractivity contribution in [1.82, 2.24) is 25.0 Å². The lowest BCUT2D eigenvalue weighted by molar-refractivity contribution is -0.145. The first kappa shape index (κ1) is 27.5. The molecule has 3 fully saturated rings. The second kappa shape index (κ2) is 10.8. The number of pyridine rings is 1. The number of carbonyl (C=O) groups excluding carboxylic acids is 4. The van der Waals surface area contributed by atoms with Crippen molar-refractivity contribution in [1.29, 1.82) is 0 Å². The van der Waals surface area contributed by atoms with Gasteiger partial charge in [0, 0.05) is 55.8 Å². The fraction of sp³-hybridized carbons (Fsp3) is 0.607. The Morgan fingerprint density at radius 3 is 2.59 bits per heavy atom. The topological polar surface area (TPSA) is 115 Å². The van der Waals surface area contributed by atoms with Crippen LogP contribution < -0.4 is 10.6 Å². The molecule has 5 heterocycles. The van der Waals surface area contributed by atoms with Crippen LogP contribution in [0.2, 0.25) is 0 Å². The average Bonchev–Trinajstić information content (AvgIpc) is 3.36. The Labute approximate surface area is 233 Å². The molecule has 0 aliphatic carbocycles. The summed E-state index contributed by atoms with van der Waals surface area (Å²) in [5.74, 6) is -0.168. The number of amides is 5. The van der Waals surface area contributed by atoms with Crippen molar-refractivity contribution in [2.24, 2.45) is 5.41 Å². The monoisotopic (exact) mass is 554 g/mol. The van der Waals surface area contributed by atoms with E-state index in [0.717, 1.165) is 48.1 Å². The smallest absolute Gasteiger partial charge is 0.319 e. The van der Waals surface area contributed by atoms with Crippen LogP contribution in [0.3, 0.4) is 0 Å². The third-order valence-electron chi connectivity index (χ3n) is 8.29. The Hall–Kier alpha value is -3.05. The summed E-state index contributed by atoms with van der Waals surface area (Å²) < 4.78 is 0. The van der Waals surface area contributed by atoms with Gasteiger partial charge in [0.1, 0.15) is 9.83 Å². The molecule has 1 atom stereocenters. The lowest BCUT2D eigenvalue weighted by Crippen LogP contribution is -2.54. The summed E-state index contributed by atoms with van der Waals surface area (Å²) >= 11 is 1.32. The van der Waals surface area contributed by atoms with Gasteiger partial charge in [0.25, 0.3) is 5.91 Å². The molecule has 2 N–H and O–H groups in total. The molecule has 3 aliphatic heterocycles. The molecular weight excluding hydrogens is 516 g/mol. The Kier molecular flexibility index (Phi) is 7.65. The highest BCUT2D eigenvalue weighted by molar-refractivity contribution is 7.23. The standard InChI is InChI=1S/C28H38N6O4S/c1-5-29-27(38)31-24-22(20-8-7-18(4)30-23(20)39-24)25(36)32-13-9-19(10-14-32)33-12-6-11-28(16-33)15-21(35)34(17(2)3)26(28)37/h7-8,17,19H,5-6,9-16H2,1-4H3,(H2,29,31,38). The second-order valence-corrected chi connectivity index (χ2v) is 12.3. The highest BCUT2D eigenvalue weighted by atomic mass is 32.1. The molecule has 0 saturated carbocycles. The molecule has 0 bridgehead atoms. The number of aryl methyl sites for hydroxylation is 1. The van der Waals surface area contributed by atoms with E-state index in [4.69, 9.17) is 0 Å². The van der Waals surface area contributed by atoms with E-state index >= 15 is 0 Å². The molecule has 2 aromatic rings.